The molecule has 30 heavy (non-hydrogen) atoms. The SMILES string of the molecule is COC(=O)c1ccc2c(c1)C(CNC(=O)c1ccc(Cl)s1)CN2C(=O)OC(C)(C)C. The van der Waals surface area contributed by atoms with Gasteiger partial charge in [-0.15, -0.1) is 11.3 Å². The molecule has 1 aromatic carbocycles. The maximum Gasteiger partial charge on any atom is 0.414 e. The first-order chi connectivity index (χ1) is 14.1. The number of rotatable bonds is 4. The number of hydrogen-bond donors (Lipinski definition) is 1. The van der Waals surface area contributed by atoms with E-state index in [1.807, 2.05) is 0 Å². The number of fused-ring (bicyclic) bond motifs is 1. The lowest BCUT2D eigenvalue weighted by atomic mass is 9.99. The van der Waals surface area contributed by atoms with Crippen LogP contribution < -0.4 is 10.2 Å². The molecule has 0 fully saturated rings. The quantitative estimate of drug-likeness (QED) is 0.695. The molecule has 1 aromatic heterocycles. The van der Waals surface area contributed by atoms with Gasteiger partial charge in [-0.3, -0.25) is 9.69 Å². The van der Waals surface area contributed by atoms with E-state index in [4.69, 9.17) is 21.1 Å². The first-order valence-electron chi connectivity index (χ1n) is 9.35. The van der Waals surface area contributed by atoms with Crippen molar-refractivity contribution in [1.82, 2.24) is 5.32 Å². The summed E-state index contributed by atoms with van der Waals surface area (Å²) in [6, 6.07) is 8.33. The Bertz CT molecular complexity index is 982. The van der Waals surface area contributed by atoms with Gasteiger partial charge in [0, 0.05) is 19.0 Å². The highest BCUT2D eigenvalue weighted by atomic mass is 35.5. The molecule has 2 aromatic rings. The topological polar surface area (TPSA) is 84.9 Å². The number of esters is 1. The monoisotopic (exact) mass is 450 g/mol. The van der Waals surface area contributed by atoms with E-state index in [9.17, 15) is 14.4 Å². The van der Waals surface area contributed by atoms with Crippen molar-refractivity contribution in [2.75, 3.05) is 25.1 Å². The standard InChI is InChI=1S/C21H23ClN2O5S/c1-21(2,3)29-20(27)24-11-13(10-23-18(25)16-7-8-17(22)30-16)14-9-12(19(26)28-4)5-6-15(14)24/h5-9,13H,10-11H2,1-4H3,(H,23,25). The number of amides is 2. The molecule has 1 unspecified atom stereocenters. The minimum absolute atomic E-state index is 0.212. The number of ether oxygens (including phenoxy) is 2. The molecule has 0 radical (unpaired) electrons. The number of carbonyl (C=O) groups excluding carboxylic acids is 3. The summed E-state index contributed by atoms with van der Waals surface area (Å²) >= 11 is 7.10. The van der Waals surface area contributed by atoms with Crippen LogP contribution in [-0.4, -0.2) is 43.8 Å². The average molecular weight is 451 g/mol. The Morgan fingerprint density at radius 1 is 1.23 bits per heavy atom. The minimum Gasteiger partial charge on any atom is -0.465 e. The molecular formula is C21H23ClN2O5S. The number of halogens is 1. The first kappa shape index (κ1) is 22.1. The second kappa shape index (κ2) is 8.65. The van der Waals surface area contributed by atoms with Crippen molar-refractivity contribution in [1.29, 1.82) is 0 Å². The molecule has 1 aliphatic rings. The lowest BCUT2D eigenvalue weighted by molar-refractivity contribution is 0.0578. The molecule has 9 heteroatoms. The molecule has 1 aliphatic heterocycles. The molecule has 0 bridgehead atoms. The molecule has 0 spiro atoms. The zero-order valence-electron chi connectivity index (χ0n) is 17.2. The molecule has 0 saturated carbocycles. The van der Waals surface area contributed by atoms with Gasteiger partial charge in [0.15, 0.2) is 0 Å². The molecule has 7 nitrogen and oxygen atoms in total. The number of thiophene rings is 1. The van der Waals surface area contributed by atoms with Gasteiger partial charge in [-0.2, -0.15) is 0 Å². The third-order valence-electron chi connectivity index (χ3n) is 4.50. The highest BCUT2D eigenvalue weighted by molar-refractivity contribution is 7.18. The maximum absolute atomic E-state index is 12.7. The molecule has 0 aliphatic carbocycles. The van der Waals surface area contributed by atoms with E-state index in [-0.39, 0.29) is 18.4 Å². The van der Waals surface area contributed by atoms with Crippen LogP contribution in [0.2, 0.25) is 4.34 Å². The van der Waals surface area contributed by atoms with Gasteiger partial charge in [-0.05, 0) is 56.7 Å². The highest BCUT2D eigenvalue weighted by Crippen LogP contribution is 2.38. The number of nitrogens with one attached hydrogen (secondary N) is 1. The van der Waals surface area contributed by atoms with Crippen LogP contribution in [0.5, 0.6) is 0 Å². The Kier molecular flexibility index (Phi) is 6.38. The van der Waals surface area contributed by atoms with E-state index in [2.05, 4.69) is 5.32 Å². The smallest absolute Gasteiger partial charge is 0.414 e. The second-order valence-electron chi connectivity index (χ2n) is 7.87. The van der Waals surface area contributed by atoms with Crippen LogP contribution in [0.15, 0.2) is 30.3 Å². The van der Waals surface area contributed by atoms with Crippen molar-refractivity contribution < 1.29 is 23.9 Å². The van der Waals surface area contributed by atoms with Crippen molar-refractivity contribution >= 4 is 46.6 Å². The van der Waals surface area contributed by atoms with E-state index < -0.39 is 17.7 Å². The van der Waals surface area contributed by atoms with Crippen LogP contribution in [0.25, 0.3) is 0 Å². The predicted molar refractivity (Wildman–Crippen MR) is 116 cm³/mol. The van der Waals surface area contributed by atoms with Crippen LogP contribution in [0, 0.1) is 0 Å². The van der Waals surface area contributed by atoms with Gasteiger partial charge in [-0.25, -0.2) is 9.59 Å². The summed E-state index contributed by atoms with van der Waals surface area (Å²) in [7, 11) is 1.31. The number of carbonyl (C=O) groups is 3. The van der Waals surface area contributed by atoms with Crippen molar-refractivity contribution in [2.45, 2.75) is 32.3 Å². The Labute approximate surface area is 183 Å². The summed E-state index contributed by atoms with van der Waals surface area (Å²) < 4.78 is 10.9. The Morgan fingerprint density at radius 3 is 2.57 bits per heavy atom. The molecule has 2 amide bonds. The molecule has 1 atom stereocenters. The molecule has 2 heterocycles. The highest BCUT2D eigenvalue weighted by Gasteiger charge is 2.35. The summed E-state index contributed by atoms with van der Waals surface area (Å²) in [5.41, 5.74) is 1.15. The van der Waals surface area contributed by atoms with Gasteiger partial charge in [-0.1, -0.05) is 11.6 Å². The molecule has 160 valence electrons. The first-order valence-corrected chi connectivity index (χ1v) is 10.5. The van der Waals surface area contributed by atoms with Gasteiger partial charge < -0.3 is 14.8 Å². The summed E-state index contributed by atoms with van der Waals surface area (Å²) in [4.78, 5) is 39.1. The zero-order valence-corrected chi connectivity index (χ0v) is 18.7. The lowest BCUT2D eigenvalue weighted by Gasteiger charge is -2.25. The van der Waals surface area contributed by atoms with Crippen LogP contribution in [0.1, 0.15) is 52.3 Å². The fraction of sp³-hybridized carbons (Fsp3) is 0.381. The van der Waals surface area contributed by atoms with Gasteiger partial charge >= 0.3 is 12.1 Å². The largest absolute Gasteiger partial charge is 0.465 e. The van der Waals surface area contributed by atoms with Crippen molar-refractivity contribution in [3.8, 4) is 0 Å². The van der Waals surface area contributed by atoms with Crippen LogP contribution >= 0.6 is 22.9 Å². The summed E-state index contributed by atoms with van der Waals surface area (Å²) in [6.45, 7) is 6.00. The van der Waals surface area contributed by atoms with Crippen molar-refractivity contribution in [3.63, 3.8) is 0 Å². The third-order valence-corrected chi connectivity index (χ3v) is 5.73. The minimum atomic E-state index is -0.645. The number of hydrogen-bond acceptors (Lipinski definition) is 6. The summed E-state index contributed by atoms with van der Waals surface area (Å²) in [5.74, 6) is -0.922. The number of methoxy groups -OCH3 is 1. The van der Waals surface area contributed by atoms with Gasteiger partial charge in [0.2, 0.25) is 0 Å². The number of nitrogens with zero attached hydrogens (tertiary/aromatic N) is 1. The van der Waals surface area contributed by atoms with Gasteiger partial charge in [0.05, 0.1) is 27.6 Å². The van der Waals surface area contributed by atoms with Gasteiger partial charge in [0.1, 0.15) is 5.60 Å². The molecule has 3 rings (SSSR count). The fourth-order valence-corrected chi connectivity index (χ4v) is 4.15. The lowest BCUT2D eigenvalue weighted by Crippen LogP contribution is -2.37. The Hall–Kier alpha value is -2.58. The zero-order chi connectivity index (χ0) is 22.1. The van der Waals surface area contributed by atoms with Crippen LogP contribution in [0.4, 0.5) is 10.5 Å². The van der Waals surface area contributed by atoms with Crippen LogP contribution in [-0.2, 0) is 9.47 Å². The van der Waals surface area contributed by atoms with Crippen LogP contribution in [0.3, 0.4) is 0 Å². The second-order valence-corrected chi connectivity index (χ2v) is 9.58. The van der Waals surface area contributed by atoms with E-state index >= 15 is 0 Å². The fourth-order valence-electron chi connectivity index (χ4n) is 3.19. The number of anilines is 1. The normalized spacial score (nSPS) is 15.5. The maximum atomic E-state index is 12.7. The molecule has 0 saturated heterocycles. The third kappa shape index (κ3) is 4.94. The molecular weight excluding hydrogens is 428 g/mol. The summed E-state index contributed by atoms with van der Waals surface area (Å²) in [5, 5.41) is 2.88. The Balaban J connectivity index is 1.84. The average Bonchev–Trinajstić information content (AvgIpc) is 3.27. The van der Waals surface area contributed by atoms with Crippen molar-refractivity contribution in [2.24, 2.45) is 0 Å². The van der Waals surface area contributed by atoms with Gasteiger partial charge in [0.25, 0.3) is 5.91 Å². The van der Waals surface area contributed by atoms with Crippen molar-refractivity contribution in [3.05, 3.63) is 50.7 Å². The van der Waals surface area contributed by atoms with E-state index in [0.29, 0.717) is 27.0 Å². The Morgan fingerprint density at radius 2 is 1.97 bits per heavy atom. The predicted octanol–water partition coefficient (Wildman–Crippen LogP) is 4.46. The van der Waals surface area contributed by atoms with E-state index in [0.717, 1.165) is 5.56 Å². The van der Waals surface area contributed by atoms with E-state index in [1.54, 1.807) is 51.1 Å². The summed E-state index contributed by atoms with van der Waals surface area (Å²) in [6.07, 6.45) is -0.478. The number of benzene rings is 1. The van der Waals surface area contributed by atoms with E-state index in [1.165, 1.54) is 23.3 Å². The molecule has 1 N–H and O–H groups in total.